The third kappa shape index (κ3) is 2.38. The van der Waals surface area contributed by atoms with Crippen LogP contribution in [0, 0.1) is 0 Å². The van der Waals surface area contributed by atoms with Crippen LogP contribution in [0.25, 0.3) is 0 Å². The topological polar surface area (TPSA) is 12.9 Å². The summed E-state index contributed by atoms with van der Waals surface area (Å²) in [7, 11) is 0. The minimum absolute atomic E-state index is 0.484. The van der Waals surface area contributed by atoms with E-state index in [2.05, 4.69) is 49.2 Å². The highest BCUT2D eigenvalue weighted by Gasteiger charge is 2.20. The van der Waals surface area contributed by atoms with Gasteiger partial charge in [0.1, 0.15) is 0 Å². The van der Waals surface area contributed by atoms with Gasteiger partial charge in [-0.25, -0.2) is 0 Å². The maximum atomic E-state index is 4.23. The predicted molar refractivity (Wildman–Crippen MR) is 73.0 cm³/mol. The van der Waals surface area contributed by atoms with Gasteiger partial charge in [-0.15, -0.1) is 0 Å². The van der Waals surface area contributed by atoms with Crippen LogP contribution in [0.1, 0.15) is 37.8 Å². The molecule has 1 aliphatic rings. The van der Waals surface area contributed by atoms with E-state index in [1.807, 2.05) is 19.3 Å². The van der Waals surface area contributed by atoms with Crippen molar-refractivity contribution in [1.82, 2.24) is 4.98 Å². The van der Waals surface area contributed by atoms with Crippen LogP contribution in [0.3, 0.4) is 0 Å². The van der Waals surface area contributed by atoms with E-state index in [9.17, 15) is 0 Å². The molecule has 0 saturated carbocycles. The van der Waals surface area contributed by atoms with Crippen LogP contribution >= 0.6 is 0 Å². The summed E-state index contributed by atoms with van der Waals surface area (Å²) in [5.74, 6) is 0.484. The second-order valence-electron chi connectivity index (χ2n) is 4.57. The van der Waals surface area contributed by atoms with Gasteiger partial charge in [0, 0.05) is 18.3 Å². The zero-order valence-corrected chi connectivity index (χ0v) is 10.8. The number of aromatic nitrogens is 1. The summed E-state index contributed by atoms with van der Waals surface area (Å²) in [6.45, 7) is 6.53. The van der Waals surface area contributed by atoms with Gasteiger partial charge in [-0.1, -0.05) is 36.8 Å². The first-order chi connectivity index (χ1) is 8.24. The highest BCUT2D eigenvalue weighted by atomic mass is 14.6. The third-order valence-corrected chi connectivity index (χ3v) is 3.55. The molecule has 0 radical (unpaired) electrons. The van der Waals surface area contributed by atoms with Gasteiger partial charge < -0.3 is 0 Å². The number of hydrogen-bond acceptors (Lipinski definition) is 1. The monoisotopic (exact) mass is 225 g/mol. The van der Waals surface area contributed by atoms with Crippen LogP contribution < -0.4 is 0 Å². The van der Waals surface area contributed by atoms with Crippen molar-refractivity contribution >= 4 is 0 Å². The Morgan fingerprint density at radius 2 is 2.18 bits per heavy atom. The number of hydrogen-bond donors (Lipinski definition) is 0. The second kappa shape index (κ2) is 5.13. The lowest BCUT2D eigenvalue weighted by molar-refractivity contribution is 0.815. The number of pyridine rings is 1. The molecule has 1 unspecified atom stereocenters. The van der Waals surface area contributed by atoms with Gasteiger partial charge in [0.05, 0.1) is 0 Å². The summed E-state index contributed by atoms with van der Waals surface area (Å²) < 4.78 is 0. The Kier molecular flexibility index (Phi) is 3.58. The molecule has 0 aromatic carbocycles. The van der Waals surface area contributed by atoms with Gasteiger partial charge >= 0.3 is 0 Å². The first-order valence-electron chi connectivity index (χ1n) is 6.15. The highest BCUT2D eigenvalue weighted by molar-refractivity contribution is 5.46. The minimum atomic E-state index is 0.484. The van der Waals surface area contributed by atoms with Crippen molar-refractivity contribution in [3.8, 4) is 0 Å². The number of allylic oxidation sites excluding steroid dienone is 6. The smallest absolute Gasteiger partial charge is 0.0308 e. The van der Waals surface area contributed by atoms with Crippen molar-refractivity contribution in [1.29, 1.82) is 0 Å². The quantitative estimate of drug-likeness (QED) is 0.688. The van der Waals surface area contributed by atoms with Crippen LogP contribution in [0.2, 0.25) is 0 Å². The van der Waals surface area contributed by atoms with Crippen LogP contribution in [0.5, 0.6) is 0 Å². The van der Waals surface area contributed by atoms with Gasteiger partial charge in [-0.05, 0) is 43.0 Å². The number of rotatable bonds is 2. The van der Waals surface area contributed by atoms with Crippen molar-refractivity contribution in [2.45, 2.75) is 33.1 Å². The summed E-state index contributed by atoms with van der Waals surface area (Å²) >= 11 is 0. The molecule has 1 aromatic heterocycles. The maximum absolute atomic E-state index is 4.23. The molecule has 1 nitrogen and oxygen atoms in total. The Balaban J connectivity index is 2.34. The molecule has 0 spiro atoms. The lowest BCUT2D eigenvalue weighted by Gasteiger charge is -2.25. The molecule has 0 saturated heterocycles. The normalized spacial score (nSPS) is 20.3. The van der Waals surface area contributed by atoms with E-state index in [4.69, 9.17) is 0 Å². The molecule has 0 amide bonds. The Bertz CT molecular complexity index is 492. The minimum Gasteiger partial charge on any atom is -0.264 e. The van der Waals surface area contributed by atoms with Gasteiger partial charge in [0.15, 0.2) is 0 Å². The van der Waals surface area contributed by atoms with E-state index in [0.717, 1.165) is 6.42 Å². The average Bonchev–Trinajstić information content (AvgIpc) is 2.35. The summed E-state index contributed by atoms with van der Waals surface area (Å²) in [5.41, 5.74) is 5.70. The first-order valence-corrected chi connectivity index (χ1v) is 6.15. The van der Waals surface area contributed by atoms with Crippen molar-refractivity contribution in [3.05, 3.63) is 65.0 Å². The molecule has 1 aliphatic carbocycles. The van der Waals surface area contributed by atoms with E-state index < -0.39 is 0 Å². The molecule has 0 bridgehead atoms. The molecule has 0 aliphatic heterocycles. The molecule has 1 atom stereocenters. The fourth-order valence-corrected chi connectivity index (χ4v) is 2.32. The van der Waals surface area contributed by atoms with Gasteiger partial charge in [-0.2, -0.15) is 0 Å². The van der Waals surface area contributed by atoms with Crippen LogP contribution in [-0.4, -0.2) is 4.98 Å². The lowest BCUT2D eigenvalue weighted by Crippen LogP contribution is -2.10. The molecule has 1 heterocycles. The summed E-state index contributed by atoms with van der Waals surface area (Å²) in [5, 5.41) is 0. The molecule has 2 rings (SSSR count). The zero-order chi connectivity index (χ0) is 12.3. The largest absolute Gasteiger partial charge is 0.264 e. The molecular weight excluding hydrogens is 206 g/mol. The number of nitrogens with zero attached hydrogens (tertiary/aromatic N) is 1. The fraction of sp³-hybridized carbons (Fsp3) is 0.312. The number of fused-ring (bicyclic) bond motifs is 1. The van der Waals surface area contributed by atoms with E-state index in [-0.39, 0.29) is 0 Å². The maximum Gasteiger partial charge on any atom is 0.0308 e. The molecule has 0 N–H and O–H groups in total. The van der Waals surface area contributed by atoms with Crippen LogP contribution in [0.4, 0.5) is 0 Å². The Hall–Kier alpha value is -1.63. The molecule has 0 fully saturated rings. The van der Waals surface area contributed by atoms with Crippen LogP contribution in [0.15, 0.2) is 53.9 Å². The van der Waals surface area contributed by atoms with E-state index >= 15 is 0 Å². The lowest BCUT2D eigenvalue weighted by atomic mass is 9.80. The second-order valence-corrected chi connectivity index (χ2v) is 4.57. The summed E-state index contributed by atoms with van der Waals surface area (Å²) in [6.07, 6.45) is 13.4. The van der Waals surface area contributed by atoms with E-state index in [0.29, 0.717) is 5.92 Å². The van der Waals surface area contributed by atoms with E-state index in [1.54, 1.807) is 0 Å². The molecule has 1 heteroatoms. The van der Waals surface area contributed by atoms with Gasteiger partial charge in [0.25, 0.3) is 0 Å². The first kappa shape index (κ1) is 11.8. The Morgan fingerprint density at radius 1 is 1.35 bits per heavy atom. The molecule has 88 valence electrons. The van der Waals surface area contributed by atoms with Crippen molar-refractivity contribution in [2.75, 3.05) is 0 Å². The summed E-state index contributed by atoms with van der Waals surface area (Å²) in [4.78, 5) is 4.23. The standard InChI is InChI=1S/C16H19N/c1-4-5-6-7-14-10-15-8-9-17-11-16(15)13(3)12(14)2/h4-9,11,13H,10H2,1-3H3/b5-4-,7-6-. The summed E-state index contributed by atoms with van der Waals surface area (Å²) in [6, 6.07) is 2.14. The van der Waals surface area contributed by atoms with Gasteiger partial charge in [-0.3, -0.25) is 4.98 Å². The van der Waals surface area contributed by atoms with Crippen LogP contribution in [-0.2, 0) is 6.42 Å². The van der Waals surface area contributed by atoms with Crippen molar-refractivity contribution in [3.63, 3.8) is 0 Å². The van der Waals surface area contributed by atoms with Crippen molar-refractivity contribution < 1.29 is 0 Å². The van der Waals surface area contributed by atoms with Crippen molar-refractivity contribution in [2.24, 2.45) is 0 Å². The Morgan fingerprint density at radius 3 is 2.94 bits per heavy atom. The third-order valence-electron chi connectivity index (χ3n) is 3.55. The SMILES string of the molecule is C/C=C\C=C/C1=C(C)C(C)c2cnccc2C1. The zero-order valence-electron chi connectivity index (χ0n) is 10.8. The molecule has 1 aromatic rings. The highest BCUT2D eigenvalue weighted by Crippen LogP contribution is 2.35. The Labute approximate surface area is 104 Å². The molecule has 17 heavy (non-hydrogen) atoms. The predicted octanol–water partition coefficient (Wildman–Crippen LogP) is 4.19. The average molecular weight is 225 g/mol. The fourth-order valence-electron chi connectivity index (χ4n) is 2.32. The van der Waals surface area contributed by atoms with E-state index in [1.165, 1.54) is 22.3 Å². The molecular formula is C16H19N. The van der Waals surface area contributed by atoms with Gasteiger partial charge in [0.2, 0.25) is 0 Å².